The van der Waals surface area contributed by atoms with Crippen molar-refractivity contribution in [2.24, 2.45) is 0 Å². The molecule has 0 aliphatic carbocycles. The molecule has 1 atom stereocenters. The van der Waals surface area contributed by atoms with Crippen molar-refractivity contribution in [2.45, 2.75) is 46.6 Å². The van der Waals surface area contributed by atoms with Crippen LogP contribution >= 0.6 is 0 Å². The maximum atomic E-state index is 12.5. The van der Waals surface area contributed by atoms with E-state index in [1.807, 2.05) is 32.9 Å². The predicted octanol–water partition coefficient (Wildman–Crippen LogP) is 3.29. The zero-order valence-corrected chi connectivity index (χ0v) is 14.4. The number of carbonyl (C=O) groups is 1. The van der Waals surface area contributed by atoms with Crippen LogP contribution in [0.2, 0.25) is 0 Å². The highest BCUT2D eigenvalue weighted by molar-refractivity contribution is 5.96. The quantitative estimate of drug-likeness (QED) is 0.859. The molecule has 0 radical (unpaired) electrons. The highest BCUT2D eigenvalue weighted by Crippen LogP contribution is 2.21. The van der Waals surface area contributed by atoms with Crippen LogP contribution in [0, 0.1) is 20.8 Å². The Hall–Kier alpha value is -2.07. The Balaban J connectivity index is 2.25. The molecule has 4 nitrogen and oxygen atoms in total. The normalized spacial score (nSPS) is 12.2. The molecule has 0 saturated heterocycles. The van der Waals surface area contributed by atoms with E-state index in [2.05, 4.69) is 35.0 Å². The summed E-state index contributed by atoms with van der Waals surface area (Å²) in [5, 5.41) is 11.9. The first-order chi connectivity index (χ1) is 10.9. The number of nitrogens with zero attached hydrogens (tertiary/aromatic N) is 1. The van der Waals surface area contributed by atoms with Crippen molar-refractivity contribution in [1.82, 2.24) is 9.88 Å². The Bertz CT molecular complexity index is 689. The lowest BCUT2D eigenvalue weighted by Crippen LogP contribution is -2.32. The fourth-order valence-electron chi connectivity index (χ4n) is 2.93. The smallest absolute Gasteiger partial charge is 0.253 e. The third-order valence-corrected chi connectivity index (χ3v) is 4.11. The number of rotatable bonds is 6. The molecule has 1 aromatic heterocycles. The van der Waals surface area contributed by atoms with Gasteiger partial charge in [0.2, 0.25) is 0 Å². The average Bonchev–Trinajstić information content (AvgIpc) is 2.80. The molecule has 1 amide bonds. The zero-order chi connectivity index (χ0) is 17.0. The van der Waals surface area contributed by atoms with Crippen LogP contribution in [0.25, 0.3) is 5.69 Å². The van der Waals surface area contributed by atoms with E-state index >= 15 is 0 Å². The van der Waals surface area contributed by atoms with E-state index in [1.54, 1.807) is 0 Å². The monoisotopic (exact) mass is 314 g/mol. The summed E-state index contributed by atoms with van der Waals surface area (Å²) in [5.41, 5.74) is 4.96. The fourth-order valence-corrected chi connectivity index (χ4v) is 2.93. The van der Waals surface area contributed by atoms with E-state index in [0.717, 1.165) is 23.5 Å². The number of nitrogens with one attached hydrogen (secondary N) is 1. The highest BCUT2D eigenvalue weighted by atomic mass is 16.3. The number of hydrogen-bond donors (Lipinski definition) is 2. The molecule has 4 heteroatoms. The molecule has 124 valence electrons. The number of aromatic nitrogens is 1. The van der Waals surface area contributed by atoms with Gasteiger partial charge in [-0.15, -0.1) is 0 Å². The van der Waals surface area contributed by atoms with Crippen molar-refractivity contribution in [3.05, 3.63) is 52.8 Å². The first-order valence-corrected chi connectivity index (χ1v) is 8.11. The van der Waals surface area contributed by atoms with Gasteiger partial charge in [0.25, 0.3) is 5.91 Å². The van der Waals surface area contributed by atoms with Gasteiger partial charge in [-0.2, -0.15) is 0 Å². The molecular weight excluding hydrogens is 288 g/mol. The minimum Gasteiger partial charge on any atom is -0.396 e. The summed E-state index contributed by atoms with van der Waals surface area (Å²) >= 11 is 0. The van der Waals surface area contributed by atoms with Crippen molar-refractivity contribution >= 4 is 5.91 Å². The van der Waals surface area contributed by atoms with Gasteiger partial charge in [0.15, 0.2) is 0 Å². The van der Waals surface area contributed by atoms with Crippen molar-refractivity contribution in [3.63, 3.8) is 0 Å². The van der Waals surface area contributed by atoms with Gasteiger partial charge in [0.05, 0.1) is 5.56 Å². The summed E-state index contributed by atoms with van der Waals surface area (Å²) in [6.45, 7) is 8.17. The standard InChI is InChI=1S/C19H26N2O2/c1-13-7-5-9-17(11-13)21-15(3)12-18(16(21)4)19(23)20-14(2)8-6-10-22/h5,7,9,11-12,14,22H,6,8,10H2,1-4H3,(H,20,23). The summed E-state index contributed by atoms with van der Waals surface area (Å²) in [5.74, 6) is -0.0533. The third-order valence-electron chi connectivity index (χ3n) is 4.11. The van der Waals surface area contributed by atoms with Gasteiger partial charge in [-0.3, -0.25) is 4.79 Å². The van der Waals surface area contributed by atoms with E-state index in [1.165, 1.54) is 5.56 Å². The van der Waals surface area contributed by atoms with Crippen LogP contribution in [0.4, 0.5) is 0 Å². The molecule has 2 aromatic rings. The van der Waals surface area contributed by atoms with Crippen LogP contribution in [0.3, 0.4) is 0 Å². The molecule has 2 N–H and O–H groups in total. The zero-order valence-electron chi connectivity index (χ0n) is 14.4. The van der Waals surface area contributed by atoms with Crippen LogP contribution in [0.15, 0.2) is 30.3 Å². The first kappa shape index (κ1) is 17.3. The SMILES string of the molecule is Cc1cccc(-n2c(C)cc(C(=O)NC(C)CCCO)c2C)c1. The number of carbonyl (C=O) groups excluding carboxylic acids is 1. The van der Waals surface area contributed by atoms with Crippen LogP contribution in [0.1, 0.15) is 47.1 Å². The molecule has 0 bridgehead atoms. The number of amides is 1. The molecule has 1 heterocycles. The number of aliphatic hydroxyl groups is 1. The molecule has 0 spiro atoms. The maximum Gasteiger partial charge on any atom is 0.253 e. The molecule has 0 saturated carbocycles. The van der Waals surface area contributed by atoms with Gasteiger partial charge in [-0.1, -0.05) is 12.1 Å². The van der Waals surface area contributed by atoms with Crippen molar-refractivity contribution in [2.75, 3.05) is 6.61 Å². The Morgan fingerprint density at radius 3 is 2.65 bits per heavy atom. The van der Waals surface area contributed by atoms with Crippen LogP contribution in [-0.4, -0.2) is 28.2 Å². The van der Waals surface area contributed by atoms with Gasteiger partial charge < -0.3 is 15.0 Å². The molecule has 1 unspecified atom stereocenters. The van der Waals surface area contributed by atoms with Crippen LogP contribution in [0.5, 0.6) is 0 Å². The van der Waals surface area contributed by atoms with Crippen molar-refractivity contribution in [1.29, 1.82) is 0 Å². The van der Waals surface area contributed by atoms with Gasteiger partial charge in [0.1, 0.15) is 0 Å². The van der Waals surface area contributed by atoms with E-state index in [-0.39, 0.29) is 18.6 Å². The van der Waals surface area contributed by atoms with E-state index in [9.17, 15) is 4.79 Å². The molecule has 0 aliphatic heterocycles. The molecular formula is C19H26N2O2. The average molecular weight is 314 g/mol. The fraction of sp³-hybridized carbons (Fsp3) is 0.421. The summed E-state index contributed by atoms with van der Waals surface area (Å²) in [6.07, 6.45) is 1.47. The van der Waals surface area contributed by atoms with Crippen molar-refractivity contribution < 1.29 is 9.90 Å². The second-order valence-electron chi connectivity index (χ2n) is 6.20. The van der Waals surface area contributed by atoms with E-state index in [4.69, 9.17) is 5.11 Å². The Kier molecular flexibility index (Phi) is 5.61. The lowest BCUT2D eigenvalue weighted by Gasteiger charge is -2.14. The van der Waals surface area contributed by atoms with E-state index in [0.29, 0.717) is 12.0 Å². The Morgan fingerprint density at radius 2 is 2.00 bits per heavy atom. The van der Waals surface area contributed by atoms with E-state index < -0.39 is 0 Å². The number of benzene rings is 1. The lowest BCUT2D eigenvalue weighted by atomic mass is 10.1. The molecule has 1 aromatic carbocycles. The Labute approximate surface area is 138 Å². The van der Waals surface area contributed by atoms with Crippen LogP contribution in [-0.2, 0) is 0 Å². The number of hydrogen-bond acceptors (Lipinski definition) is 2. The summed E-state index contributed by atoms with van der Waals surface area (Å²) < 4.78 is 2.11. The van der Waals surface area contributed by atoms with Crippen LogP contribution < -0.4 is 5.32 Å². The summed E-state index contributed by atoms with van der Waals surface area (Å²) in [7, 11) is 0. The lowest BCUT2D eigenvalue weighted by molar-refractivity contribution is 0.0936. The van der Waals surface area contributed by atoms with Gasteiger partial charge in [0, 0.05) is 29.7 Å². The number of aryl methyl sites for hydroxylation is 2. The second kappa shape index (κ2) is 7.47. The van der Waals surface area contributed by atoms with Crippen molar-refractivity contribution in [3.8, 4) is 5.69 Å². The molecule has 2 rings (SSSR count). The summed E-state index contributed by atoms with van der Waals surface area (Å²) in [4.78, 5) is 12.5. The first-order valence-electron chi connectivity index (χ1n) is 8.11. The van der Waals surface area contributed by atoms with Gasteiger partial charge in [-0.05, 0) is 64.3 Å². The second-order valence-corrected chi connectivity index (χ2v) is 6.20. The maximum absolute atomic E-state index is 12.5. The highest BCUT2D eigenvalue weighted by Gasteiger charge is 2.18. The third kappa shape index (κ3) is 4.02. The van der Waals surface area contributed by atoms with Gasteiger partial charge in [-0.25, -0.2) is 0 Å². The minimum absolute atomic E-state index is 0.0525. The molecule has 23 heavy (non-hydrogen) atoms. The molecule has 0 fully saturated rings. The minimum atomic E-state index is -0.0533. The molecule has 0 aliphatic rings. The van der Waals surface area contributed by atoms with Gasteiger partial charge >= 0.3 is 0 Å². The predicted molar refractivity (Wildman–Crippen MR) is 93.2 cm³/mol. The number of aliphatic hydroxyl groups excluding tert-OH is 1. The largest absolute Gasteiger partial charge is 0.396 e. The Morgan fingerprint density at radius 1 is 1.26 bits per heavy atom. The summed E-state index contributed by atoms with van der Waals surface area (Å²) in [6, 6.07) is 10.3. The topological polar surface area (TPSA) is 54.3 Å².